The van der Waals surface area contributed by atoms with Gasteiger partial charge < -0.3 is 29.3 Å². The van der Waals surface area contributed by atoms with Crippen molar-refractivity contribution in [2.24, 2.45) is 5.92 Å². The maximum absolute atomic E-state index is 13.7. The highest BCUT2D eigenvalue weighted by atomic mass is 16.8. The van der Waals surface area contributed by atoms with Crippen LogP contribution in [0.5, 0.6) is 5.88 Å². The summed E-state index contributed by atoms with van der Waals surface area (Å²) >= 11 is 0. The second-order valence-corrected chi connectivity index (χ2v) is 11.7. The number of hydrogen-bond acceptors (Lipinski definition) is 11. The van der Waals surface area contributed by atoms with E-state index in [-0.39, 0.29) is 63.1 Å². The van der Waals surface area contributed by atoms with Gasteiger partial charge in [-0.2, -0.15) is 4.98 Å². The third kappa shape index (κ3) is 10.2. The lowest BCUT2D eigenvalue weighted by Gasteiger charge is -2.35. The Morgan fingerprint density at radius 3 is 2.36 bits per heavy atom. The van der Waals surface area contributed by atoms with Gasteiger partial charge in [0.15, 0.2) is 5.82 Å². The van der Waals surface area contributed by atoms with Crippen molar-refractivity contribution in [2.45, 2.75) is 65.0 Å². The standard InChI is InChI=1S/C31H41N5O8/c1-5-41-30(40)44-36-17-15-35(16-18-36)29(39)23(13-14-26(37)43-31(2,3)4)33-28(38)24-19-25(42-20-21-11-12-21)34-27(32-24)22-9-7-6-8-10-22/h6-10,19,21,23H,5,11-18,20H2,1-4H3,(H,33,38)/t23-/m0/s1. The second kappa shape index (κ2) is 15.0. The molecule has 2 aromatic rings. The molecular weight excluding hydrogens is 570 g/mol. The highest BCUT2D eigenvalue weighted by Gasteiger charge is 2.32. The molecule has 2 aliphatic rings. The Kier molecular flexibility index (Phi) is 11.1. The van der Waals surface area contributed by atoms with Crippen LogP contribution in [0.25, 0.3) is 11.4 Å². The lowest BCUT2D eigenvalue weighted by atomic mass is 10.1. The molecule has 44 heavy (non-hydrogen) atoms. The van der Waals surface area contributed by atoms with E-state index in [1.54, 1.807) is 32.6 Å². The van der Waals surface area contributed by atoms with Gasteiger partial charge in [-0.25, -0.2) is 9.78 Å². The molecule has 13 nitrogen and oxygen atoms in total. The van der Waals surface area contributed by atoms with Gasteiger partial charge in [0.2, 0.25) is 11.8 Å². The van der Waals surface area contributed by atoms with Crippen LogP contribution in [0.3, 0.4) is 0 Å². The topological polar surface area (TPSA) is 149 Å². The number of ether oxygens (including phenoxy) is 3. The number of benzene rings is 1. The molecular formula is C31H41N5O8. The number of carbonyl (C=O) groups excluding carboxylic acids is 4. The molecule has 0 radical (unpaired) electrons. The molecule has 1 atom stereocenters. The van der Waals surface area contributed by atoms with E-state index in [1.165, 1.54) is 11.1 Å². The number of hydrogen-bond donors (Lipinski definition) is 1. The quantitative estimate of drug-likeness (QED) is 0.352. The first-order chi connectivity index (χ1) is 21.0. The summed E-state index contributed by atoms with van der Waals surface area (Å²) in [5.74, 6) is -0.404. The van der Waals surface area contributed by atoms with Gasteiger partial charge >= 0.3 is 12.1 Å². The minimum absolute atomic E-state index is 0.0146. The van der Waals surface area contributed by atoms with Gasteiger partial charge in [-0.05, 0) is 52.9 Å². The van der Waals surface area contributed by atoms with E-state index in [1.807, 2.05) is 30.3 Å². The maximum Gasteiger partial charge on any atom is 0.527 e. The highest BCUT2D eigenvalue weighted by molar-refractivity contribution is 5.96. The van der Waals surface area contributed by atoms with Gasteiger partial charge in [0.25, 0.3) is 5.91 Å². The summed E-state index contributed by atoms with van der Waals surface area (Å²) in [5, 5.41) is 4.21. The first-order valence-corrected chi connectivity index (χ1v) is 15.0. The van der Waals surface area contributed by atoms with Gasteiger partial charge in [-0.3, -0.25) is 14.4 Å². The first-order valence-electron chi connectivity index (χ1n) is 15.0. The molecule has 1 aliphatic carbocycles. The van der Waals surface area contributed by atoms with Crippen molar-refractivity contribution in [1.29, 1.82) is 0 Å². The summed E-state index contributed by atoms with van der Waals surface area (Å²) in [6.07, 6.45) is 1.30. The number of carbonyl (C=O) groups is 4. The van der Waals surface area contributed by atoms with Crippen molar-refractivity contribution >= 4 is 23.9 Å². The van der Waals surface area contributed by atoms with Gasteiger partial charge in [0, 0.05) is 31.1 Å². The van der Waals surface area contributed by atoms with Crippen molar-refractivity contribution in [3.63, 3.8) is 0 Å². The molecule has 0 bridgehead atoms. The fraction of sp³-hybridized carbons (Fsp3) is 0.548. The SMILES string of the molecule is CCOC(=O)ON1CCN(C(=O)[C@H](CCC(=O)OC(C)(C)C)NC(=O)c2cc(OCC3CC3)nc(-c3ccccc3)n2)CC1. The van der Waals surface area contributed by atoms with Crippen LogP contribution in [-0.4, -0.2) is 94.9 Å². The predicted octanol–water partition coefficient (Wildman–Crippen LogP) is 3.39. The third-order valence-corrected chi connectivity index (χ3v) is 6.81. The van der Waals surface area contributed by atoms with E-state index in [0.717, 1.165) is 12.8 Å². The number of piperazine rings is 1. The Hall–Kier alpha value is -4.26. The normalized spacial score (nSPS) is 16.0. The zero-order chi connectivity index (χ0) is 31.7. The molecule has 1 aromatic carbocycles. The van der Waals surface area contributed by atoms with Crippen LogP contribution in [0.4, 0.5) is 4.79 Å². The molecule has 0 spiro atoms. The average molecular weight is 612 g/mol. The Balaban J connectivity index is 1.50. The molecule has 4 rings (SSSR count). The summed E-state index contributed by atoms with van der Waals surface area (Å²) in [7, 11) is 0. The van der Waals surface area contributed by atoms with Crippen molar-refractivity contribution in [1.82, 2.24) is 25.2 Å². The number of aromatic nitrogens is 2. The second-order valence-electron chi connectivity index (χ2n) is 11.7. The number of esters is 1. The molecule has 1 N–H and O–H groups in total. The van der Waals surface area contributed by atoms with E-state index < -0.39 is 29.7 Å². The maximum atomic E-state index is 13.7. The monoisotopic (exact) mass is 611 g/mol. The van der Waals surface area contributed by atoms with E-state index in [9.17, 15) is 19.2 Å². The van der Waals surface area contributed by atoms with E-state index in [2.05, 4.69) is 15.3 Å². The molecule has 1 aliphatic heterocycles. The molecule has 1 aromatic heterocycles. The highest BCUT2D eigenvalue weighted by Crippen LogP contribution is 2.29. The van der Waals surface area contributed by atoms with Crippen LogP contribution >= 0.6 is 0 Å². The molecule has 238 valence electrons. The van der Waals surface area contributed by atoms with Crippen LogP contribution in [0.1, 0.15) is 63.9 Å². The Morgan fingerprint density at radius 2 is 1.73 bits per heavy atom. The summed E-state index contributed by atoms with van der Waals surface area (Å²) in [5.41, 5.74) is 0.0482. The predicted molar refractivity (Wildman–Crippen MR) is 158 cm³/mol. The Labute approximate surface area is 257 Å². The summed E-state index contributed by atoms with van der Waals surface area (Å²) < 4.78 is 16.1. The van der Waals surface area contributed by atoms with Crippen LogP contribution < -0.4 is 10.1 Å². The van der Waals surface area contributed by atoms with Gasteiger partial charge in [0.1, 0.15) is 17.3 Å². The number of nitrogens with one attached hydrogen (secondary N) is 1. The Morgan fingerprint density at radius 1 is 1.02 bits per heavy atom. The summed E-state index contributed by atoms with van der Waals surface area (Å²) in [6.45, 7) is 8.62. The van der Waals surface area contributed by atoms with Gasteiger partial charge in [-0.1, -0.05) is 30.3 Å². The molecule has 1 saturated heterocycles. The fourth-order valence-corrected chi connectivity index (χ4v) is 4.43. The zero-order valence-corrected chi connectivity index (χ0v) is 25.7. The average Bonchev–Trinajstić information content (AvgIpc) is 3.82. The van der Waals surface area contributed by atoms with Crippen molar-refractivity contribution in [3.05, 3.63) is 42.1 Å². The largest absolute Gasteiger partial charge is 0.527 e. The smallest absolute Gasteiger partial charge is 0.477 e. The molecule has 1 saturated carbocycles. The number of amides is 2. The minimum atomic E-state index is -1.04. The minimum Gasteiger partial charge on any atom is -0.477 e. The van der Waals surface area contributed by atoms with Crippen molar-refractivity contribution in [3.8, 4) is 17.3 Å². The Bertz CT molecular complexity index is 1300. The van der Waals surface area contributed by atoms with Crippen LogP contribution in [0.15, 0.2) is 36.4 Å². The van der Waals surface area contributed by atoms with E-state index in [0.29, 0.717) is 23.9 Å². The lowest BCUT2D eigenvalue weighted by Crippen LogP contribution is -2.55. The number of rotatable bonds is 12. The van der Waals surface area contributed by atoms with Crippen LogP contribution in [0.2, 0.25) is 0 Å². The molecule has 2 amide bonds. The number of hydroxylamine groups is 2. The van der Waals surface area contributed by atoms with Gasteiger partial charge in [-0.15, -0.1) is 5.06 Å². The van der Waals surface area contributed by atoms with Gasteiger partial charge in [0.05, 0.1) is 26.3 Å². The zero-order valence-electron chi connectivity index (χ0n) is 25.7. The third-order valence-electron chi connectivity index (χ3n) is 6.81. The van der Waals surface area contributed by atoms with Crippen LogP contribution in [0, 0.1) is 5.92 Å². The van der Waals surface area contributed by atoms with Crippen LogP contribution in [-0.2, 0) is 23.9 Å². The lowest BCUT2D eigenvalue weighted by molar-refractivity contribution is -0.158. The van der Waals surface area contributed by atoms with E-state index >= 15 is 0 Å². The summed E-state index contributed by atoms with van der Waals surface area (Å²) in [6, 6.07) is 9.65. The van der Waals surface area contributed by atoms with Crippen molar-refractivity contribution in [2.75, 3.05) is 39.4 Å². The molecule has 0 unspecified atom stereocenters. The number of nitrogens with zero attached hydrogens (tertiary/aromatic N) is 4. The molecule has 13 heteroatoms. The van der Waals surface area contributed by atoms with E-state index in [4.69, 9.17) is 19.0 Å². The molecule has 2 heterocycles. The first kappa shape index (κ1) is 32.6. The fourth-order valence-electron chi connectivity index (χ4n) is 4.43. The summed E-state index contributed by atoms with van der Waals surface area (Å²) in [4.78, 5) is 67.2. The van der Waals surface area contributed by atoms with Crippen molar-refractivity contribution < 1.29 is 38.2 Å². The molecule has 2 fully saturated rings.